The predicted octanol–water partition coefficient (Wildman–Crippen LogP) is 3.27. The number of nitrogens with two attached hydrogens (primary N) is 1. The summed E-state index contributed by atoms with van der Waals surface area (Å²) < 4.78 is 8.90. The standard InChI is InChI=1S/C23H22N6O4/c24-21-20-18(10-12-26-21)28(16-4-3-13-27(14-16)23(31)32)22(30)29(20)15-6-8-17(9-7-15)33-19-5-1-2-11-25-19/h1-2,5-12,16H,3-4,13-14H2,(H2,24,26)(H,31,32). The predicted molar refractivity (Wildman–Crippen MR) is 122 cm³/mol. The van der Waals surface area contributed by atoms with E-state index in [2.05, 4.69) is 9.97 Å². The first-order valence-corrected chi connectivity index (χ1v) is 10.6. The topological polar surface area (TPSA) is 128 Å². The maximum absolute atomic E-state index is 13.6. The highest BCUT2D eigenvalue weighted by atomic mass is 16.5. The normalized spacial score (nSPS) is 16.1. The highest BCUT2D eigenvalue weighted by Crippen LogP contribution is 2.29. The summed E-state index contributed by atoms with van der Waals surface area (Å²) in [7, 11) is 0. The van der Waals surface area contributed by atoms with Crippen molar-refractivity contribution in [3.63, 3.8) is 0 Å². The van der Waals surface area contributed by atoms with Gasteiger partial charge in [-0.2, -0.15) is 0 Å². The van der Waals surface area contributed by atoms with Crippen molar-refractivity contribution in [1.29, 1.82) is 0 Å². The van der Waals surface area contributed by atoms with Gasteiger partial charge in [0.1, 0.15) is 17.1 Å². The Bertz CT molecular complexity index is 1360. The molecule has 1 fully saturated rings. The van der Waals surface area contributed by atoms with Gasteiger partial charge < -0.3 is 20.5 Å². The Morgan fingerprint density at radius 2 is 1.91 bits per heavy atom. The fraction of sp³-hybridized carbons (Fsp3) is 0.217. The summed E-state index contributed by atoms with van der Waals surface area (Å²) in [5.74, 6) is 1.26. The summed E-state index contributed by atoms with van der Waals surface area (Å²) in [4.78, 5) is 34.8. The van der Waals surface area contributed by atoms with E-state index in [4.69, 9.17) is 10.5 Å². The van der Waals surface area contributed by atoms with Crippen LogP contribution in [0.5, 0.6) is 11.6 Å². The van der Waals surface area contributed by atoms with Gasteiger partial charge in [-0.15, -0.1) is 0 Å². The van der Waals surface area contributed by atoms with Gasteiger partial charge in [0.2, 0.25) is 5.88 Å². The second-order valence-corrected chi connectivity index (χ2v) is 7.84. The fourth-order valence-corrected chi connectivity index (χ4v) is 4.31. The first-order valence-electron chi connectivity index (χ1n) is 10.6. The molecule has 1 unspecified atom stereocenters. The molecule has 1 aromatic carbocycles. The lowest BCUT2D eigenvalue weighted by molar-refractivity contribution is 0.121. The van der Waals surface area contributed by atoms with E-state index in [1.54, 1.807) is 59.4 Å². The van der Waals surface area contributed by atoms with Gasteiger partial charge in [-0.1, -0.05) is 6.07 Å². The van der Waals surface area contributed by atoms with Crippen molar-refractivity contribution in [2.24, 2.45) is 0 Å². The monoisotopic (exact) mass is 446 g/mol. The van der Waals surface area contributed by atoms with Crippen LogP contribution in [0.2, 0.25) is 0 Å². The van der Waals surface area contributed by atoms with Crippen LogP contribution in [-0.4, -0.2) is 48.3 Å². The van der Waals surface area contributed by atoms with Crippen LogP contribution in [0.1, 0.15) is 18.9 Å². The molecule has 10 nitrogen and oxygen atoms in total. The Kier molecular flexibility index (Phi) is 5.17. The van der Waals surface area contributed by atoms with Crippen LogP contribution >= 0.6 is 0 Å². The minimum absolute atomic E-state index is 0.225. The van der Waals surface area contributed by atoms with Gasteiger partial charge in [0.15, 0.2) is 0 Å². The van der Waals surface area contributed by atoms with Crippen molar-refractivity contribution >= 4 is 22.9 Å². The summed E-state index contributed by atoms with van der Waals surface area (Å²) >= 11 is 0. The van der Waals surface area contributed by atoms with E-state index in [9.17, 15) is 14.7 Å². The Morgan fingerprint density at radius 1 is 1.09 bits per heavy atom. The van der Waals surface area contributed by atoms with Gasteiger partial charge in [-0.05, 0) is 49.2 Å². The van der Waals surface area contributed by atoms with Crippen molar-refractivity contribution in [2.45, 2.75) is 18.9 Å². The lowest BCUT2D eigenvalue weighted by Gasteiger charge is -2.31. The van der Waals surface area contributed by atoms with Crippen molar-refractivity contribution in [2.75, 3.05) is 18.8 Å². The maximum Gasteiger partial charge on any atom is 0.407 e. The van der Waals surface area contributed by atoms with Crippen LogP contribution in [0.15, 0.2) is 65.7 Å². The minimum Gasteiger partial charge on any atom is -0.465 e. The van der Waals surface area contributed by atoms with E-state index in [1.165, 1.54) is 9.47 Å². The number of rotatable bonds is 4. The summed E-state index contributed by atoms with van der Waals surface area (Å²) in [6, 6.07) is 13.9. The first-order chi connectivity index (χ1) is 16.0. The average molecular weight is 446 g/mol. The van der Waals surface area contributed by atoms with Crippen molar-refractivity contribution in [3.8, 4) is 17.3 Å². The van der Waals surface area contributed by atoms with E-state index in [1.807, 2.05) is 6.07 Å². The average Bonchev–Trinajstić information content (AvgIpc) is 3.13. The number of hydrogen-bond acceptors (Lipinski definition) is 6. The number of carboxylic acid groups (broad SMARTS) is 1. The molecule has 10 heteroatoms. The van der Waals surface area contributed by atoms with E-state index < -0.39 is 6.09 Å². The Balaban J connectivity index is 1.57. The van der Waals surface area contributed by atoms with Crippen LogP contribution < -0.4 is 16.2 Å². The number of amides is 1. The molecule has 1 atom stereocenters. The number of piperidine rings is 1. The molecule has 168 valence electrons. The molecule has 0 spiro atoms. The number of ether oxygens (including phenoxy) is 1. The summed E-state index contributed by atoms with van der Waals surface area (Å²) in [6.07, 6.45) is 3.59. The second-order valence-electron chi connectivity index (χ2n) is 7.84. The quantitative estimate of drug-likeness (QED) is 0.492. The zero-order chi connectivity index (χ0) is 22.9. The summed E-state index contributed by atoms with van der Waals surface area (Å²) in [5.41, 5.74) is 7.62. The number of fused-ring (bicyclic) bond motifs is 1. The Hall–Kier alpha value is -4.34. The SMILES string of the molecule is Nc1nccc2c1n(-c1ccc(Oc3ccccn3)cc1)c(=O)n2C1CCCN(C(=O)O)C1. The molecule has 0 aliphatic carbocycles. The summed E-state index contributed by atoms with van der Waals surface area (Å²) in [6.45, 7) is 0.702. The zero-order valence-corrected chi connectivity index (χ0v) is 17.7. The maximum atomic E-state index is 13.6. The molecule has 1 aliphatic rings. The number of hydrogen-bond donors (Lipinski definition) is 2. The smallest absolute Gasteiger partial charge is 0.407 e. The fourth-order valence-electron chi connectivity index (χ4n) is 4.31. The molecule has 0 bridgehead atoms. The van der Waals surface area contributed by atoms with E-state index in [-0.39, 0.29) is 24.1 Å². The number of likely N-dealkylation sites (tertiary alicyclic amines) is 1. The van der Waals surface area contributed by atoms with Crippen LogP contribution in [0.25, 0.3) is 16.7 Å². The number of carbonyl (C=O) groups is 1. The molecular weight excluding hydrogens is 424 g/mol. The molecule has 0 saturated carbocycles. The van der Waals surface area contributed by atoms with Crippen LogP contribution in [-0.2, 0) is 0 Å². The molecule has 33 heavy (non-hydrogen) atoms. The highest BCUT2D eigenvalue weighted by molar-refractivity contribution is 5.87. The Labute approximate surface area is 188 Å². The highest BCUT2D eigenvalue weighted by Gasteiger charge is 2.29. The van der Waals surface area contributed by atoms with Crippen LogP contribution in [0.4, 0.5) is 10.6 Å². The third-order valence-corrected chi connectivity index (χ3v) is 5.80. The van der Waals surface area contributed by atoms with Crippen molar-refractivity contribution in [1.82, 2.24) is 24.0 Å². The van der Waals surface area contributed by atoms with Crippen LogP contribution in [0, 0.1) is 0 Å². The van der Waals surface area contributed by atoms with Crippen LogP contribution in [0.3, 0.4) is 0 Å². The molecule has 4 heterocycles. The number of anilines is 1. The molecule has 1 amide bonds. The number of nitrogen functional groups attached to an aromatic ring is 1. The van der Waals surface area contributed by atoms with Gasteiger partial charge in [-0.25, -0.2) is 19.6 Å². The number of benzene rings is 1. The summed E-state index contributed by atoms with van der Waals surface area (Å²) in [5, 5.41) is 9.43. The van der Waals surface area contributed by atoms with E-state index in [0.717, 1.165) is 0 Å². The largest absolute Gasteiger partial charge is 0.465 e. The van der Waals surface area contributed by atoms with Gasteiger partial charge >= 0.3 is 11.8 Å². The van der Waals surface area contributed by atoms with Crippen molar-refractivity contribution < 1.29 is 14.6 Å². The van der Waals surface area contributed by atoms with Gasteiger partial charge in [0.25, 0.3) is 0 Å². The number of aromatic nitrogens is 4. The lowest BCUT2D eigenvalue weighted by Crippen LogP contribution is -2.42. The third-order valence-electron chi connectivity index (χ3n) is 5.80. The van der Waals surface area contributed by atoms with E-state index in [0.29, 0.717) is 47.7 Å². The molecule has 1 aliphatic heterocycles. The number of pyridine rings is 2. The van der Waals surface area contributed by atoms with Gasteiger partial charge in [0, 0.05) is 31.5 Å². The van der Waals surface area contributed by atoms with Crippen molar-refractivity contribution in [3.05, 3.63) is 71.4 Å². The Morgan fingerprint density at radius 3 is 2.64 bits per heavy atom. The second kappa shape index (κ2) is 8.30. The van der Waals surface area contributed by atoms with Gasteiger partial charge in [0.05, 0.1) is 17.2 Å². The molecule has 3 aromatic heterocycles. The number of imidazole rings is 1. The lowest BCUT2D eigenvalue weighted by atomic mass is 10.1. The third kappa shape index (κ3) is 3.75. The molecule has 5 rings (SSSR count). The number of nitrogens with zero attached hydrogens (tertiary/aromatic N) is 5. The minimum atomic E-state index is -0.985. The molecule has 1 saturated heterocycles. The molecular formula is C23H22N6O4. The molecule has 0 radical (unpaired) electrons. The first kappa shape index (κ1) is 20.6. The van der Waals surface area contributed by atoms with Gasteiger partial charge in [-0.3, -0.25) is 9.13 Å². The zero-order valence-electron chi connectivity index (χ0n) is 17.7. The molecule has 3 N–H and O–H groups in total. The van der Waals surface area contributed by atoms with E-state index >= 15 is 0 Å². The molecule has 4 aromatic rings.